The molecule has 0 atom stereocenters. The number of nitro groups is 1. The van der Waals surface area contributed by atoms with Crippen molar-refractivity contribution in [1.82, 2.24) is 4.98 Å². The van der Waals surface area contributed by atoms with Crippen LogP contribution in [0.15, 0.2) is 12.4 Å². The summed E-state index contributed by atoms with van der Waals surface area (Å²) in [5.41, 5.74) is -0.400. The van der Waals surface area contributed by atoms with Gasteiger partial charge in [0.25, 0.3) is 0 Å². The molecular weight excluding hydrogens is 229 g/mol. The average molecular weight is 236 g/mol. The Kier molecular flexibility index (Phi) is 3.31. The van der Waals surface area contributed by atoms with Gasteiger partial charge in [0.1, 0.15) is 6.20 Å². The minimum absolute atomic E-state index is 0.179. The summed E-state index contributed by atoms with van der Waals surface area (Å²) in [6.07, 6.45) is -2.50. The van der Waals surface area contributed by atoms with Crippen LogP contribution < -0.4 is 4.74 Å². The lowest BCUT2D eigenvalue weighted by atomic mass is 10.2. The smallest absolute Gasteiger partial charge is 0.422 e. The number of hydrogen-bond acceptors (Lipinski definition) is 4. The molecule has 0 fully saturated rings. The molecule has 0 spiro atoms. The van der Waals surface area contributed by atoms with Crippen LogP contribution in [0.4, 0.5) is 18.9 Å². The monoisotopic (exact) mass is 236 g/mol. The molecule has 0 unspecified atom stereocenters. The molecular formula is C8H7F3N2O3. The fourth-order valence-corrected chi connectivity index (χ4v) is 1.01. The molecule has 0 aliphatic carbocycles. The van der Waals surface area contributed by atoms with E-state index in [9.17, 15) is 23.3 Å². The first-order valence-electron chi connectivity index (χ1n) is 4.10. The standard InChI is InChI=1S/C8H7F3N2O3/c1-5-2-12-3-6(13(14)15)7(5)16-4-8(9,10)11/h2-3H,4H2,1H3. The fraction of sp³-hybridized carbons (Fsp3) is 0.375. The van der Waals surface area contributed by atoms with Gasteiger partial charge in [-0.3, -0.25) is 15.1 Å². The third kappa shape index (κ3) is 3.07. The van der Waals surface area contributed by atoms with E-state index in [1.807, 2.05) is 0 Å². The Balaban J connectivity index is 2.98. The third-order valence-corrected chi connectivity index (χ3v) is 1.63. The summed E-state index contributed by atoms with van der Waals surface area (Å²) in [7, 11) is 0. The molecule has 16 heavy (non-hydrogen) atoms. The van der Waals surface area contributed by atoms with Gasteiger partial charge in [-0.15, -0.1) is 0 Å². The van der Waals surface area contributed by atoms with E-state index < -0.39 is 29.1 Å². The highest BCUT2D eigenvalue weighted by Crippen LogP contribution is 2.30. The Morgan fingerprint density at radius 1 is 1.50 bits per heavy atom. The highest BCUT2D eigenvalue weighted by atomic mass is 19.4. The molecule has 0 N–H and O–H groups in total. The minimum atomic E-state index is -4.54. The summed E-state index contributed by atoms with van der Waals surface area (Å²) in [5, 5.41) is 10.5. The molecule has 1 heterocycles. The molecule has 1 aromatic rings. The molecule has 0 amide bonds. The van der Waals surface area contributed by atoms with Crippen LogP contribution in [-0.2, 0) is 0 Å². The zero-order valence-corrected chi connectivity index (χ0v) is 8.11. The second kappa shape index (κ2) is 4.33. The molecule has 8 heteroatoms. The van der Waals surface area contributed by atoms with Crippen LogP contribution in [0.2, 0.25) is 0 Å². The van der Waals surface area contributed by atoms with Crippen LogP contribution in [0.25, 0.3) is 0 Å². The van der Waals surface area contributed by atoms with E-state index in [2.05, 4.69) is 9.72 Å². The highest BCUT2D eigenvalue weighted by Gasteiger charge is 2.30. The topological polar surface area (TPSA) is 65.3 Å². The number of pyridine rings is 1. The van der Waals surface area contributed by atoms with Crippen molar-refractivity contribution in [2.45, 2.75) is 13.1 Å². The summed E-state index contributed by atoms with van der Waals surface area (Å²) in [4.78, 5) is 13.2. The van der Waals surface area contributed by atoms with Crippen molar-refractivity contribution in [2.24, 2.45) is 0 Å². The second-order valence-electron chi connectivity index (χ2n) is 2.97. The van der Waals surface area contributed by atoms with Crippen molar-refractivity contribution in [3.63, 3.8) is 0 Å². The van der Waals surface area contributed by atoms with Gasteiger partial charge in [0.15, 0.2) is 6.61 Å². The third-order valence-electron chi connectivity index (χ3n) is 1.63. The molecule has 0 aliphatic rings. The van der Waals surface area contributed by atoms with E-state index in [1.165, 1.54) is 13.1 Å². The molecule has 1 rings (SSSR count). The average Bonchev–Trinajstić information content (AvgIpc) is 2.13. The molecule has 0 aliphatic heterocycles. The number of rotatable bonds is 3. The predicted octanol–water partition coefficient (Wildman–Crippen LogP) is 2.24. The van der Waals surface area contributed by atoms with Gasteiger partial charge >= 0.3 is 11.9 Å². The van der Waals surface area contributed by atoms with E-state index >= 15 is 0 Å². The van der Waals surface area contributed by atoms with E-state index in [0.29, 0.717) is 0 Å². The van der Waals surface area contributed by atoms with Gasteiger partial charge in [0, 0.05) is 11.8 Å². The summed E-state index contributed by atoms with van der Waals surface area (Å²) < 4.78 is 40.1. The number of nitrogens with zero attached hydrogens (tertiary/aromatic N) is 2. The second-order valence-corrected chi connectivity index (χ2v) is 2.97. The summed E-state index contributed by atoms with van der Waals surface area (Å²) >= 11 is 0. The summed E-state index contributed by atoms with van der Waals surface area (Å²) in [6.45, 7) is -0.190. The number of aryl methyl sites for hydroxylation is 1. The molecule has 0 saturated heterocycles. The number of alkyl halides is 3. The van der Waals surface area contributed by atoms with E-state index in [4.69, 9.17) is 0 Å². The molecule has 0 saturated carbocycles. The van der Waals surface area contributed by atoms with Gasteiger partial charge < -0.3 is 4.74 Å². The lowest BCUT2D eigenvalue weighted by molar-refractivity contribution is -0.386. The maximum atomic E-state index is 11.9. The highest BCUT2D eigenvalue weighted by molar-refractivity contribution is 5.48. The van der Waals surface area contributed by atoms with Gasteiger partial charge in [-0.05, 0) is 6.92 Å². The number of hydrogen-bond donors (Lipinski definition) is 0. The van der Waals surface area contributed by atoms with Gasteiger partial charge in [-0.2, -0.15) is 13.2 Å². The Hall–Kier alpha value is -1.86. The summed E-state index contributed by atoms with van der Waals surface area (Å²) in [5.74, 6) is -0.405. The van der Waals surface area contributed by atoms with Crippen LogP contribution in [-0.4, -0.2) is 22.7 Å². The van der Waals surface area contributed by atoms with Gasteiger partial charge in [-0.25, -0.2) is 0 Å². The van der Waals surface area contributed by atoms with E-state index in [1.54, 1.807) is 0 Å². The predicted molar refractivity (Wildman–Crippen MR) is 47.2 cm³/mol. The SMILES string of the molecule is Cc1cncc([N+](=O)[O-])c1OCC(F)(F)F. The van der Waals surface area contributed by atoms with Crippen molar-refractivity contribution in [2.75, 3.05) is 6.61 Å². The molecule has 0 aromatic carbocycles. The van der Waals surface area contributed by atoms with Gasteiger partial charge in [0.05, 0.1) is 4.92 Å². The van der Waals surface area contributed by atoms with Crippen LogP contribution in [0.5, 0.6) is 5.75 Å². The first-order chi connectivity index (χ1) is 7.31. The zero-order valence-electron chi connectivity index (χ0n) is 8.11. The Morgan fingerprint density at radius 2 is 2.12 bits per heavy atom. The Morgan fingerprint density at radius 3 is 2.62 bits per heavy atom. The van der Waals surface area contributed by atoms with Crippen LogP contribution in [0.3, 0.4) is 0 Å². The van der Waals surface area contributed by atoms with Gasteiger partial charge in [-0.1, -0.05) is 0 Å². The van der Waals surface area contributed by atoms with Gasteiger partial charge in [0.2, 0.25) is 5.75 Å². The maximum Gasteiger partial charge on any atom is 0.422 e. The molecule has 0 radical (unpaired) electrons. The van der Waals surface area contributed by atoms with Crippen molar-refractivity contribution in [1.29, 1.82) is 0 Å². The largest absolute Gasteiger partial charge is 0.477 e. The maximum absolute atomic E-state index is 11.9. The molecule has 1 aromatic heterocycles. The molecule has 5 nitrogen and oxygen atoms in total. The van der Waals surface area contributed by atoms with Crippen molar-refractivity contribution in [3.8, 4) is 5.75 Å². The number of halogens is 3. The molecule has 0 bridgehead atoms. The van der Waals surface area contributed by atoms with Crippen molar-refractivity contribution >= 4 is 5.69 Å². The quantitative estimate of drug-likeness (QED) is 0.596. The van der Waals surface area contributed by atoms with Crippen LogP contribution in [0, 0.1) is 17.0 Å². The first kappa shape index (κ1) is 12.2. The van der Waals surface area contributed by atoms with E-state index in [0.717, 1.165) is 6.20 Å². The Labute approximate surface area is 88.0 Å². The number of ether oxygens (including phenoxy) is 1. The van der Waals surface area contributed by atoms with E-state index in [-0.39, 0.29) is 5.56 Å². The van der Waals surface area contributed by atoms with Crippen molar-refractivity contribution < 1.29 is 22.8 Å². The lowest BCUT2D eigenvalue weighted by Crippen LogP contribution is -2.20. The number of aromatic nitrogens is 1. The zero-order chi connectivity index (χ0) is 12.3. The van der Waals surface area contributed by atoms with Crippen molar-refractivity contribution in [3.05, 3.63) is 28.1 Å². The fourth-order valence-electron chi connectivity index (χ4n) is 1.01. The minimum Gasteiger partial charge on any atom is -0.477 e. The normalized spacial score (nSPS) is 11.2. The van der Waals surface area contributed by atoms with Crippen LogP contribution in [0.1, 0.15) is 5.56 Å². The Bertz CT molecular complexity index is 406. The molecule has 88 valence electrons. The van der Waals surface area contributed by atoms with Crippen LogP contribution >= 0.6 is 0 Å². The summed E-state index contributed by atoms with van der Waals surface area (Å²) in [6, 6.07) is 0. The first-order valence-corrected chi connectivity index (χ1v) is 4.10. The lowest BCUT2D eigenvalue weighted by Gasteiger charge is -2.10.